The minimum atomic E-state index is 0.183. The zero-order chi connectivity index (χ0) is 11.8. The molecule has 0 aromatic rings. The second-order valence-electron chi connectivity index (χ2n) is 6.21. The number of hydrogen-bond acceptors (Lipinski definition) is 3. The van der Waals surface area contributed by atoms with Crippen molar-refractivity contribution < 1.29 is 0 Å². The Bertz CT molecular complexity index is 231. The molecular formula is C13H27N3. The lowest BCUT2D eigenvalue weighted by molar-refractivity contribution is 0.277. The Balaban J connectivity index is 1.95. The zero-order valence-electron chi connectivity index (χ0n) is 11.0. The van der Waals surface area contributed by atoms with Crippen LogP contribution in [0.15, 0.2) is 0 Å². The lowest BCUT2D eigenvalue weighted by Crippen LogP contribution is -2.56. The van der Waals surface area contributed by atoms with Gasteiger partial charge in [-0.25, -0.2) is 0 Å². The minimum Gasteiger partial charge on any atom is -0.329 e. The summed E-state index contributed by atoms with van der Waals surface area (Å²) in [5, 5.41) is 3.87. The van der Waals surface area contributed by atoms with Gasteiger partial charge in [0, 0.05) is 30.7 Å². The molecule has 0 spiro atoms. The van der Waals surface area contributed by atoms with Crippen molar-refractivity contribution in [2.45, 2.75) is 57.2 Å². The Morgan fingerprint density at radius 3 is 2.56 bits per heavy atom. The Morgan fingerprint density at radius 1 is 1.38 bits per heavy atom. The SMILES string of the molecule is CC1CCC(NC2(CN)CC(C)N(C)C2)C1. The summed E-state index contributed by atoms with van der Waals surface area (Å²) in [6, 6.07) is 1.37. The zero-order valence-corrected chi connectivity index (χ0v) is 11.0. The van der Waals surface area contributed by atoms with Gasteiger partial charge in [0.25, 0.3) is 0 Å². The molecule has 0 bridgehead atoms. The van der Waals surface area contributed by atoms with Gasteiger partial charge in [-0.15, -0.1) is 0 Å². The third-order valence-electron chi connectivity index (χ3n) is 4.59. The second-order valence-corrected chi connectivity index (χ2v) is 6.21. The Kier molecular flexibility index (Phi) is 3.57. The lowest BCUT2D eigenvalue weighted by atomic mass is 9.94. The molecule has 2 fully saturated rings. The summed E-state index contributed by atoms with van der Waals surface area (Å²) in [6.07, 6.45) is 5.25. The van der Waals surface area contributed by atoms with Crippen LogP contribution in [-0.2, 0) is 0 Å². The molecule has 1 heterocycles. The van der Waals surface area contributed by atoms with E-state index < -0.39 is 0 Å². The molecule has 94 valence electrons. The molecule has 1 saturated carbocycles. The Hall–Kier alpha value is -0.120. The monoisotopic (exact) mass is 225 g/mol. The average molecular weight is 225 g/mol. The molecule has 16 heavy (non-hydrogen) atoms. The Labute approximate surface area is 99.8 Å². The van der Waals surface area contributed by atoms with Crippen LogP contribution < -0.4 is 11.1 Å². The molecular weight excluding hydrogens is 198 g/mol. The van der Waals surface area contributed by atoms with E-state index in [1.54, 1.807) is 0 Å². The van der Waals surface area contributed by atoms with E-state index in [2.05, 4.69) is 31.1 Å². The van der Waals surface area contributed by atoms with Crippen molar-refractivity contribution in [1.82, 2.24) is 10.2 Å². The predicted octanol–water partition coefficient (Wildman–Crippen LogP) is 1.19. The van der Waals surface area contributed by atoms with E-state index in [9.17, 15) is 0 Å². The molecule has 0 aromatic heterocycles. The molecule has 4 unspecified atom stereocenters. The van der Waals surface area contributed by atoms with Gasteiger partial charge >= 0.3 is 0 Å². The summed E-state index contributed by atoms with van der Waals surface area (Å²) in [7, 11) is 2.21. The molecule has 3 nitrogen and oxygen atoms in total. The highest BCUT2D eigenvalue weighted by Gasteiger charge is 2.41. The van der Waals surface area contributed by atoms with Gasteiger partial charge in [-0.05, 0) is 45.6 Å². The van der Waals surface area contributed by atoms with Crippen LogP contribution in [0, 0.1) is 5.92 Å². The highest BCUT2D eigenvalue weighted by Crippen LogP contribution is 2.30. The van der Waals surface area contributed by atoms with Crippen molar-refractivity contribution in [2.75, 3.05) is 20.1 Å². The molecule has 3 heteroatoms. The number of rotatable bonds is 3. The highest BCUT2D eigenvalue weighted by molar-refractivity contribution is 5.03. The molecule has 2 aliphatic rings. The van der Waals surface area contributed by atoms with E-state index in [-0.39, 0.29) is 5.54 Å². The Morgan fingerprint density at radius 2 is 2.12 bits per heavy atom. The fourth-order valence-corrected chi connectivity index (χ4v) is 3.50. The molecule has 0 radical (unpaired) electrons. The van der Waals surface area contributed by atoms with Gasteiger partial charge in [0.15, 0.2) is 0 Å². The number of nitrogens with one attached hydrogen (secondary N) is 1. The number of nitrogens with two attached hydrogens (primary N) is 1. The van der Waals surface area contributed by atoms with Gasteiger partial charge in [0.05, 0.1) is 0 Å². The fraction of sp³-hybridized carbons (Fsp3) is 1.00. The van der Waals surface area contributed by atoms with Crippen LogP contribution in [0.25, 0.3) is 0 Å². The first-order chi connectivity index (χ1) is 7.54. The van der Waals surface area contributed by atoms with Gasteiger partial charge in [0.1, 0.15) is 0 Å². The first kappa shape index (κ1) is 12.3. The molecule has 1 aliphatic heterocycles. The van der Waals surface area contributed by atoms with Crippen molar-refractivity contribution in [2.24, 2.45) is 11.7 Å². The van der Waals surface area contributed by atoms with Crippen LogP contribution in [0.3, 0.4) is 0 Å². The second kappa shape index (κ2) is 4.63. The molecule has 2 rings (SSSR count). The maximum Gasteiger partial charge on any atom is 0.0449 e. The van der Waals surface area contributed by atoms with Crippen LogP contribution in [0.1, 0.15) is 39.5 Å². The molecule has 1 saturated heterocycles. The van der Waals surface area contributed by atoms with E-state index in [1.165, 1.54) is 25.7 Å². The van der Waals surface area contributed by atoms with Crippen molar-refractivity contribution >= 4 is 0 Å². The quantitative estimate of drug-likeness (QED) is 0.758. The summed E-state index contributed by atoms with van der Waals surface area (Å²) in [4.78, 5) is 2.43. The van der Waals surface area contributed by atoms with E-state index in [0.29, 0.717) is 12.1 Å². The number of nitrogens with zero attached hydrogens (tertiary/aromatic N) is 1. The lowest BCUT2D eigenvalue weighted by Gasteiger charge is -2.32. The first-order valence-electron chi connectivity index (χ1n) is 6.73. The summed E-state index contributed by atoms with van der Waals surface area (Å²) >= 11 is 0. The van der Waals surface area contributed by atoms with E-state index >= 15 is 0 Å². The van der Waals surface area contributed by atoms with Crippen LogP contribution in [-0.4, -0.2) is 42.7 Å². The van der Waals surface area contributed by atoms with Crippen LogP contribution in [0.2, 0.25) is 0 Å². The molecule has 4 atom stereocenters. The van der Waals surface area contributed by atoms with Gasteiger partial charge < -0.3 is 16.0 Å². The van der Waals surface area contributed by atoms with Crippen LogP contribution >= 0.6 is 0 Å². The van der Waals surface area contributed by atoms with E-state index in [1.807, 2.05) is 0 Å². The van der Waals surface area contributed by atoms with Crippen molar-refractivity contribution in [3.63, 3.8) is 0 Å². The van der Waals surface area contributed by atoms with Gasteiger partial charge in [-0.2, -0.15) is 0 Å². The van der Waals surface area contributed by atoms with Gasteiger partial charge in [0.2, 0.25) is 0 Å². The maximum absolute atomic E-state index is 6.02. The van der Waals surface area contributed by atoms with Gasteiger partial charge in [-0.1, -0.05) is 6.92 Å². The summed E-state index contributed by atoms with van der Waals surface area (Å²) in [5.41, 5.74) is 6.20. The molecule has 1 aliphatic carbocycles. The van der Waals surface area contributed by atoms with E-state index in [0.717, 1.165) is 19.0 Å². The van der Waals surface area contributed by atoms with Crippen molar-refractivity contribution in [3.8, 4) is 0 Å². The third-order valence-corrected chi connectivity index (χ3v) is 4.59. The van der Waals surface area contributed by atoms with Gasteiger partial charge in [-0.3, -0.25) is 0 Å². The van der Waals surface area contributed by atoms with Crippen molar-refractivity contribution in [1.29, 1.82) is 0 Å². The largest absolute Gasteiger partial charge is 0.329 e. The molecule has 3 N–H and O–H groups in total. The fourth-order valence-electron chi connectivity index (χ4n) is 3.50. The summed E-state index contributed by atoms with van der Waals surface area (Å²) < 4.78 is 0. The standard InChI is InChI=1S/C13H27N3/c1-10-4-5-12(6-10)15-13(8-14)7-11(2)16(3)9-13/h10-12,15H,4-9,14H2,1-3H3. The number of likely N-dealkylation sites (N-methyl/N-ethyl adjacent to an activating group) is 1. The first-order valence-corrected chi connectivity index (χ1v) is 6.73. The normalized spacial score (nSPS) is 45.4. The van der Waals surface area contributed by atoms with Crippen LogP contribution in [0.5, 0.6) is 0 Å². The number of likely N-dealkylation sites (tertiary alicyclic amines) is 1. The van der Waals surface area contributed by atoms with E-state index in [4.69, 9.17) is 5.73 Å². The third kappa shape index (κ3) is 2.41. The smallest absolute Gasteiger partial charge is 0.0449 e. The summed E-state index contributed by atoms with van der Waals surface area (Å²) in [6.45, 7) is 6.54. The highest BCUT2D eigenvalue weighted by atomic mass is 15.2. The van der Waals surface area contributed by atoms with Crippen molar-refractivity contribution in [3.05, 3.63) is 0 Å². The number of hydrogen-bond donors (Lipinski definition) is 2. The topological polar surface area (TPSA) is 41.3 Å². The molecule has 0 amide bonds. The van der Waals surface area contributed by atoms with Crippen LogP contribution in [0.4, 0.5) is 0 Å². The summed E-state index contributed by atoms with van der Waals surface area (Å²) in [5.74, 6) is 0.892. The minimum absolute atomic E-state index is 0.183. The molecule has 0 aromatic carbocycles. The predicted molar refractivity (Wildman–Crippen MR) is 68.4 cm³/mol. The maximum atomic E-state index is 6.02. The average Bonchev–Trinajstić information content (AvgIpc) is 2.74.